The van der Waals surface area contributed by atoms with Crippen LogP contribution < -0.4 is 5.32 Å². The van der Waals surface area contributed by atoms with Crippen molar-refractivity contribution in [1.82, 2.24) is 34.3 Å². The molecule has 0 unspecified atom stereocenters. The van der Waals surface area contributed by atoms with Gasteiger partial charge in [-0.2, -0.15) is 0 Å². The van der Waals surface area contributed by atoms with Crippen molar-refractivity contribution in [3.63, 3.8) is 0 Å². The van der Waals surface area contributed by atoms with Crippen LogP contribution in [0.3, 0.4) is 0 Å². The van der Waals surface area contributed by atoms with Crippen LogP contribution in [-0.2, 0) is 0 Å². The van der Waals surface area contributed by atoms with E-state index in [1.807, 2.05) is 37.6 Å². The zero-order valence-corrected chi connectivity index (χ0v) is 24.4. The number of imidazole rings is 1. The number of nitrogens with zero attached hydrogens (tertiary/aromatic N) is 7. The number of anilines is 2. The topological polar surface area (TPSA) is 75.0 Å². The molecule has 7 rings (SSSR count). The first kappa shape index (κ1) is 27.7. The van der Waals surface area contributed by atoms with Crippen molar-refractivity contribution in [2.45, 2.75) is 65.6 Å². The first-order valence-electron chi connectivity index (χ1n) is 14.6. The van der Waals surface area contributed by atoms with Crippen molar-refractivity contribution in [3.8, 4) is 11.3 Å². The zero-order chi connectivity index (χ0) is 28.8. The van der Waals surface area contributed by atoms with Gasteiger partial charge in [-0.1, -0.05) is 13.0 Å². The fourth-order valence-corrected chi connectivity index (χ4v) is 6.66. The minimum absolute atomic E-state index is 0.0135. The van der Waals surface area contributed by atoms with E-state index in [4.69, 9.17) is 0 Å². The summed E-state index contributed by atoms with van der Waals surface area (Å²) >= 11 is 0. The van der Waals surface area contributed by atoms with Crippen molar-refractivity contribution in [2.24, 2.45) is 5.92 Å². The van der Waals surface area contributed by atoms with E-state index >= 15 is 4.39 Å². The zero-order valence-electron chi connectivity index (χ0n) is 24.4. The summed E-state index contributed by atoms with van der Waals surface area (Å²) in [5, 5.41) is 3.09. The molecule has 0 spiro atoms. The number of aryl methyl sites for hydroxylation is 1. The summed E-state index contributed by atoms with van der Waals surface area (Å²) < 4.78 is 31.9. The van der Waals surface area contributed by atoms with Crippen molar-refractivity contribution >= 4 is 22.8 Å². The van der Waals surface area contributed by atoms with Gasteiger partial charge in [0.2, 0.25) is 5.95 Å². The molecule has 6 heterocycles. The van der Waals surface area contributed by atoms with E-state index in [1.165, 1.54) is 25.5 Å². The molecule has 3 aromatic heterocycles. The standard InChI is InChI=1S/C31H38F2N8/c1-6-39-15-21-7-9-24(39)17-40(16-21)19(4)22-8-10-28(34-13-22)37-31-35-14-26(33)29(38-31)23-11-25(32)30-27(12-23)41(18(2)3)20(5)36-30/h8,10-14,18-19,21,24H,6-7,9,15-17H2,1-5H3,(H,34,35,37,38)/t19-,21-,24-/m0/s1. The second kappa shape index (κ2) is 11.1. The predicted octanol–water partition coefficient (Wildman–Crippen LogP) is 6.28. The Bertz CT molecular complexity index is 1550. The summed E-state index contributed by atoms with van der Waals surface area (Å²) in [4.78, 5) is 22.7. The lowest BCUT2D eigenvalue weighted by molar-refractivity contribution is 0.135. The molecule has 4 aromatic rings. The first-order chi connectivity index (χ1) is 19.7. The Hall–Kier alpha value is -3.50. The Morgan fingerprint density at radius 2 is 1.80 bits per heavy atom. The maximum absolute atomic E-state index is 15.0. The van der Waals surface area contributed by atoms with Crippen molar-refractivity contribution in [3.05, 3.63) is 59.7 Å². The van der Waals surface area contributed by atoms with Gasteiger partial charge in [-0.25, -0.2) is 28.7 Å². The van der Waals surface area contributed by atoms with E-state index in [2.05, 4.69) is 55.0 Å². The average Bonchev–Trinajstić information content (AvgIpc) is 3.08. The van der Waals surface area contributed by atoms with Crippen LogP contribution in [0.25, 0.3) is 22.3 Å². The maximum atomic E-state index is 15.0. The number of pyridine rings is 1. The number of piperidine rings is 1. The van der Waals surface area contributed by atoms with Gasteiger partial charge in [0.1, 0.15) is 22.9 Å². The van der Waals surface area contributed by atoms with E-state index in [0.717, 1.165) is 37.3 Å². The molecule has 216 valence electrons. The summed E-state index contributed by atoms with van der Waals surface area (Å²) in [6, 6.07) is 7.95. The van der Waals surface area contributed by atoms with Gasteiger partial charge >= 0.3 is 0 Å². The molecule has 0 saturated carbocycles. The number of rotatable bonds is 7. The predicted molar refractivity (Wildman–Crippen MR) is 157 cm³/mol. The first-order valence-corrected chi connectivity index (χ1v) is 14.6. The van der Waals surface area contributed by atoms with Gasteiger partial charge in [0.05, 0.1) is 11.7 Å². The van der Waals surface area contributed by atoms with Gasteiger partial charge in [0, 0.05) is 49.5 Å². The van der Waals surface area contributed by atoms with Crippen molar-refractivity contribution in [2.75, 3.05) is 31.5 Å². The van der Waals surface area contributed by atoms with E-state index in [-0.39, 0.29) is 29.2 Å². The van der Waals surface area contributed by atoms with Crippen LogP contribution in [0.5, 0.6) is 0 Å². The third kappa shape index (κ3) is 5.30. The number of benzene rings is 1. The van der Waals surface area contributed by atoms with Gasteiger partial charge in [0.15, 0.2) is 11.6 Å². The van der Waals surface area contributed by atoms with Crippen LogP contribution in [0, 0.1) is 24.5 Å². The van der Waals surface area contributed by atoms with E-state index in [9.17, 15) is 4.39 Å². The number of aromatic nitrogens is 5. The van der Waals surface area contributed by atoms with Crippen LogP contribution in [0.15, 0.2) is 36.7 Å². The van der Waals surface area contributed by atoms with E-state index in [1.54, 1.807) is 6.07 Å². The molecule has 3 atom stereocenters. The van der Waals surface area contributed by atoms with Crippen LogP contribution in [0.4, 0.5) is 20.5 Å². The number of hydrogen-bond acceptors (Lipinski definition) is 7. The van der Waals surface area contributed by atoms with Crippen LogP contribution in [-0.4, -0.2) is 66.5 Å². The SMILES string of the molecule is CCN1C[C@@H]2CC[C@H]1CN([C@@H](C)c1ccc(Nc3ncc(F)c(-c4cc(F)c5nc(C)n(C(C)C)c5c4)n3)nc1)C2. The third-order valence-electron chi connectivity index (χ3n) is 8.78. The van der Waals surface area contributed by atoms with E-state index in [0.29, 0.717) is 28.8 Å². The van der Waals surface area contributed by atoms with Gasteiger partial charge in [-0.15, -0.1) is 0 Å². The lowest BCUT2D eigenvalue weighted by Gasteiger charge is -2.35. The molecule has 1 N–H and O–H groups in total. The second-order valence-electron chi connectivity index (χ2n) is 11.8. The van der Waals surface area contributed by atoms with Crippen molar-refractivity contribution < 1.29 is 8.78 Å². The lowest BCUT2D eigenvalue weighted by atomic mass is 9.95. The molecule has 3 fully saturated rings. The Balaban J connectivity index is 1.21. The molecule has 3 aliphatic rings. The Labute approximate surface area is 239 Å². The molecule has 3 aliphatic heterocycles. The second-order valence-corrected chi connectivity index (χ2v) is 11.8. The van der Waals surface area contributed by atoms with Crippen LogP contribution in [0.1, 0.15) is 64.0 Å². The molecule has 1 aromatic carbocycles. The lowest BCUT2D eigenvalue weighted by Crippen LogP contribution is -2.43. The van der Waals surface area contributed by atoms with Gasteiger partial charge < -0.3 is 9.88 Å². The minimum atomic E-state index is -0.633. The molecule has 0 aliphatic carbocycles. The Kier molecular flexibility index (Phi) is 7.46. The molecule has 41 heavy (non-hydrogen) atoms. The van der Waals surface area contributed by atoms with Gasteiger partial charge in [-0.3, -0.25) is 9.80 Å². The summed E-state index contributed by atoms with van der Waals surface area (Å²) in [5.74, 6) is 1.02. The molecular weight excluding hydrogens is 522 g/mol. The highest BCUT2D eigenvalue weighted by molar-refractivity contribution is 5.83. The number of fused-ring (bicyclic) bond motifs is 5. The van der Waals surface area contributed by atoms with Crippen LogP contribution in [0.2, 0.25) is 0 Å². The minimum Gasteiger partial charge on any atom is -0.326 e. The number of hydrogen-bond donors (Lipinski definition) is 1. The quantitative estimate of drug-likeness (QED) is 0.285. The Morgan fingerprint density at radius 3 is 2.54 bits per heavy atom. The number of likely N-dealkylation sites (N-methyl/N-ethyl adjacent to an activating group) is 1. The average molecular weight is 561 g/mol. The highest BCUT2D eigenvalue weighted by Crippen LogP contribution is 2.33. The molecule has 10 heteroatoms. The van der Waals surface area contributed by atoms with Gasteiger partial charge in [-0.05, 0) is 76.8 Å². The summed E-state index contributed by atoms with van der Waals surface area (Å²) in [6.07, 6.45) is 5.58. The van der Waals surface area contributed by atoms with Crippen molar-refractivity contribution in [1.29, 1.82) is 0 Å². The third-order valence-corrected chi connectivity index (χ3v) is 8.78. The smallest absolute Gasteiger partial charge is 0.229 e. The highest BCUT2D eigenvalue weighted by atomic mass is 19.1. The van der Waals surface area contributed by atoms with Gasteiger partial charge in [0.25, 0.3) is 0 Å². The Morgan fingerprint density at radius 1 is 0.976 bits per heavy atom. The largest absolute Gasteiger partial charge is 0.326 e. The summed E-state index contributed by atoms with van der Waals surface area (Å²) in [7, 11) is 0. The van der Waals surface area contributed by atoms with E-state index < -0.39 is 11.6 Å². The summed E-state index contributed by atoms with van der Waals surface area (Å²) in [6.45, 7) is 14.9. The molecule has 2 bridgehead atoms. The fourth-order valence-electron chi connectivity index (χ4n) is 6.66. The fraction of sp³-hybridized carbons (Fsp3) is 0.484. The maximum Gasteiger partial charge on any atom is 0.229 e. The molecule has 0 radical (unpaired) electrons. The molecular formula is C31H38F2N8. The normalized spacial score (nSPS) is 20.6. The number of nitrogens with one attached hydrogen (secondary N) is 1. The molecule has 8 nitrogen and oxygen atoms in total. The molecule has 0 amide bonds. The van der Waals surface area contributed by atoms with Crippen LogP contribution >= 0.6 is 0 Å². The summed E-state index contributed by atoms with van der Waals surface area (Å²) in [5.41, 5.74) is 2.36. The monoisotopic (exact) mass is 560 g/mol. The molecule has 3 saturated heterocycles. The number of halogens is 2. The highest BCUT2D eigenvalue weighted by Gasteiger charge is 2.35.